The van der Waals surface area contributed by atoms with Crippen molar-refractivity contribution in [1.29, 1.82) is 0 Å². The number of anilines is 2. The Hall–Kier alpha value is -3.52. The zero-order valence-corrected chi connectivity index (χ0v) is 22.9. The van der Waals surface area contributed by atoms with Crippen molar-refractivity contribution in [3.05, 3.63) is 69.9 Å². The average molecular weight is 500 g/mol. The third kappa shape index (κ3) is 4.78. The summed E-state index contributed by atoms with van der Waals surface area (Å²) in [5, 5.41) is 3.88. The molecule has 0 fully saturated rings. The topological polar surface area (TPSA) is 80.9 Å². The number of rotatable bonds is 5. The minimum atomic E-state index is -0.122. The monoisotopic (exact) mass is 499 g/mol. The Kier molecular flexibility index (Phi) is 6.40. The second-order valence-corrected chi connectivity index (χ2v) is 11.6. The van der Waals surface area contributed by atoms with Crippen LogP contribution in [0.25, 0.3) is 16.7 Å². The van der Waals surface area contributed by atoms with Gasteiger partial charge in [-0.2, -0.15) is 4.98 Å². The van der Waals surface area contributed by atoms with Crippen LogP contribution < -0.4 is 10.9 Å². The number of likely N-dealkylation sites (N-methyl/N-ethyl adjacent to an activating group) is 1. The number of aromatic nitrogens is 5. The number of pyridine rings is 1. The van der Waals surface area contributed by atoms with Crippen molar-refractivity contribution in [2.75, 3.05) is 19.4 Å². The maximum Gasteiger partial charge on any atom is 0.278 e. The van der Waals surface area contributed by atoms with E-state index < -0.39 is 0 Å². The fraction of sp³-hybridized carbons (Fsp3) is 0.448. The SMILES string of the molecule is CC(C)n1c(=O)c2cnc(Nc3ccc4c(c3)CCC(N(C)C)C4)nc2n1-c1ccnc(C(C)(C)C)c1. The summed E-state index contributed by atoms with van der Waals surface area (Å²) in [5.74, 6) is 0.467. The maximum absolute atomic E-state index is 13.4. The van der Waals surface area contributed by atoms with E-state index in [1.54, 1.807) is 17.1 Å². The second-order valence-electron chi connectivity index (χ2n) is 11.6. The predicted octanol–water partition coefficient (Wildman–Crippen LogP) is 5.02. The molecule has 0 bridgehead atoms. The van der Waals surface area contributed by atoms with Crippen LogP contribution in [-0.2, 0) is 18.3 Å². The molecule has 1 aliphatic carbocycles. The molecule has 1 atom stereocenters. The first-order valence-corrected chi connectivity index (χ1v) is 13.1. The lowest BCUT2D eigenvalue weighted by molar-refractivity contribution is 0.268. The van der Waals surface area contributed by atoms with Gasteiger partial charge in [-0.15, -0.1) is 0 Å². The van der Waals surface area contributed by atoms with Crippen molar-refractivity contribution >= 4 is 22.7 Å². The molecule has 0 saturated carbocycles. The number of nitrogens with one attached hydrogen (secondary N) is 1. The minimum Gasteiger partial charge on any atom is -0.324 e. The molecule has 1 aromatic carbocycles. The first kappa shape index (κ1) is 25.1. The zero-order valence-electron chi connectivity index (χ0n) is 22.9. The van der Waals surface area contributed by atoms with E-state index >= 15 is 0 Å². The van der Waals surface area contributed by atoms with E-state index in [1.807, 2.05) is 30.7 Å². The molecule has 8 heteroatoms. The van der Waals surface area contributed by atoms with Gasteiger partial charge in [0, 0.05) is 41.3 Å². The van der Waals surface area contributed by atoms with Crippen molar-refractivity contribution in [2.45, 2.75) is 71.4 Å². The van der Waals surface area contributed by atoms with Crippen molar-refractivity contribution in [2.24, 2.45) is 0 Å². The van der Waals surface area contributed by atoms with E-state index in [1.165, 1.54) is 11.1 Å². The molecule has 1 N–H and O–H groups in total. The molecule has 37 heavy (non-hydrogen) atoms. The van der Waals surface area contributed by atoms with Crippen molar-refractivity contribution in [3.8, 4) is 5.69 Å². The molecule has 1 unspecified atom stereocenters. The molecule has 4 aromatic rings. The van der Waals surface area contributed by atoms with E-state index in [-0.39, 0.29) is 17.0 Å². The molecule has 3 heterocycles. The molecule has 3 aromatic heterocycles. The van der Waals surface area contributed by atoms with Crippen LogP contribution in [-0.4, -0.2) is 49.4 Å². The summed E-state index contributed by atoms with van der Waals surface area (Å²) in [6.07, 6.45) is 6.72. The molecular formula is C29H37N7O. The van der Waals surface area contributed by atoms with Crippen LogP contribution >= 0.6 is 0 Å². The summed E-state index contributed by atoms with van der Waals surface area (Å²) >= 11 is 0. The Labute approximate surface area is 218 Å². The van der Waals surface area contributed by atoms with Crippen molar-refractivity contribution < 1.29 is 0 Å². The van der Waals surface area contributed by atoms with Gasteiger partial charge in [0.2, 0.25) is 5.95 Å². The zero-order chi connectivity index (χ0) is 26.5. The summed E-state index contributed by atoms with van der Waals surface area (Å²) in [7, 11) is 4.31. The molecule has 5 rings (SSSR count). The summed E-state index contributed by atoms with van der Waals surface area (Å²) in [6.45, 7) is 10.4. The lowest BCUT2D eigenvalue weighted by atomic mass is 9.87. The maximum atomic E-state index is 13.4. The average Bonchev–Trinajstić information content (AvgIpc) is 3.15. The highest BCUT2D eigenvalue weighted by atomic mass is 16.1. The van der Waals surface area contributed by atoms with Gasteiger partial charge in [-0.1, -0.05) is 26.8 Å². The number of nitrogens with zero attached hydrogens (tertiary/aromatic N) is 6. The Morgan fingerprint density at radius 2 is 1.86 bits per heavy atom. The Bertz CT molecular complexity index is 1510. The summed E-state index contributed by atoms with van der Waals surface area (Å²) in [6, 6.07) is 11.0. The highest BCUT2D eigenvalue weighted by Crippen LogP contribution is 2.28. The number of hydrogen-bond donors (Lipinski definition) is 1. The lowest BCUT2D eigenvalue weighted by Crippen LogP contribution is -2.33. The summed E-state index contributed by atoms with van der Waals surface area (Å²) < 4.78 is 3.64. The molecule has 0 amide bonds. The predicted molar refractivity (Wildman–Crippen MR) is 149 cm³/mol. The van der Waals surface area contributed by atoms with E-state index in [2.05, 4.69) is 73.3 Å². The Balaban J connectivity index is 1.56. The van der Waals surface area contributed by atoms with E-state index in [0.717, 1.165) is 36.3 Å². The Morgan fingerprint density at radius 3 is 2.57 bits per heavy atom. The fourth-order valence-electron chi connectivity index (χ4n) is 5.12. The molecular weight excluding hydrogens is 462 g/mol. The largest absolute Gasteiger partial charge is 0.324 e. The van der Waals surface area contributed by atoms with Crippen molar-refractivity contribution in [1.82, 2.24) is 29.2 Å². The molecule has 0 radical (unpaired) electrons. The first-order chi connectivity index (χ1) is 17.5. The van der Waals surface area contributed by atoms with Gasteiger partial charge in [0.1, 0.15) is 5.39 Å². The van der Waals surface area contributed by atoms with Gasteiger partial charge in [0.05, 0.1) is 5.69 Å². The van der Waals surface area contributed by atoms with Crippen LogP contribution in [0.1, 0.15) is 63.9 Å². The highest BCUT2D eigenvalue weighted by molar-refractivity contribution is 5.77. The Morgan fingerprint density at radius 1 is 1.08 bits per heavy atom. The van der Waals surface area contributed by atoms with Gasteiger partial charge < -0.3 is 10.2 Å². The molecule has 0 saturated heterocycles. The van der Waals surface area contributed by atoms with E-state index in [0.29, 0.717) is 23.0 Å². The fourth-order valence-corrected chi connectivity index (χ4v) is 5.12. The van der Waals surface area contributed by atoms with E-state index in [9.17, 15) is 4.79 Å². The van der Waals surface area contributed by atoms with Crippen LogP contribution in [0.4, 0.5) is 11.6 Å². The van der Waals surface area contributed by atoms with Crippen LogP contribution in [0.3, 0.4) is 0 Å². The van der Waals surface area contributed by atoms with Gasteiger partial charge in [-0.3, -0.25) is 9.78 Å². The molecule has 194 valence electrons. The van der Waals surface area contributed by atoms with E-state index in [4.69, 9.17) is 4.98 Å². The molecule has 0 aliphatic heterocycles. The minimum absolute atomic E-state index is 0.0593. The third-order valence-electron chi connectivity index (χ3n) is 7.26. The third-order valence-corrected chi connectivity index (χ3v) is 7.26. The molecule has 8 nitrogen and oxygen atoms in total. The molecule has 0 spiro atoms. The van der Waals surface area contributed by atoms with Crippen LogP contribution in [0.5, 0.6) is 0 Å². The van der Waals surface area contributed by atoms with Gasteiger partial charge in [-0.25, -0.2) is 14.3 Å². The number of hydrogen-bond acceptors (Lipinski definition) is 6. The van der Waals surface area contributed by atoms with Gasteiger partial charge in [0.15, 0.2) is 5.65 Å². The lowest BCUT2D eigenvalue weighted by Gasteiger charge is -2.30. The second kappa shape index (κ2) is 9.41. The number of benzene rings is 1. The molecule has 1 aliphatic rings. The van der Waals surface area contributed by atoms with Crippen molar-refractivity contribution in [3.63, 3.8) is 0 Å². The van der Waals surface area contributed by atoms with Crippen LogP contribution in [0, 0.1) is 0 Å². The number of aryl methyl sites for hydroxylation is 1. The van der Waals surface area contributed by atoms with Crippen LogP contribution in [0.2, 0.25) is 0 Å². The standard InChI is InChI=1S/C29H37N7O/c1-18(2)35-27(37)24-17-31-28(32-21-10-8-20-15-22(34(6)7)11-9-19(20)14-21)33-26(24)36(35)23-12-13-30-25(16-23)29(3,4)5/h8,10,12-14,16-18,22H,9,11,15H2,1-7H3,(H,31,32,33). The van der Waals surface area contributed by atoms with Gasteiger partial charge in [0.25, 0.3) is 5.56 Å². The smallest absolute Gasteiger partial charge is 0.278 e. The van der Waals surface area contributed by atoms with Gasteiger partial charge >= 0.3 is 0 Å². The highest BCUT2D eigenvalue weighted by Gasteiger charge is 2.23. The van der Waals surface area contributed by atoms with Gasteiger partial charge in [-0.05, 0) is 82.6 Å². The summed E-state index contributed by atoms with van der Waals surface area (Å²) in [4.78, 5) is 29.6. The first-order valence-electron chi connectivity index (χ1n) is 13.1. The van der Waals surface area contributed by atoms with Crippen LogP contribution in [0.15, 0.2) is 47.5 Å². The normalized spacial score (nSPS) is 16.0. The number of fused-ring (bicyclic) bond motifs is 2. The quantitative estimate of drug-likeness (QED) is 0.415. The summed E-state index contributed by atoms with van der Waals surface area (Å²) in [5.41, 5.74) is 5.90.